The topological polar surface area (TPSA) is 90.4 Å². The van der Waals surface area contributed by atoms with Crippen LogP contribution < -0.4 is 14.2 Å². The van der Waals surface area contributed by atoms with E-state index in [4.69, 9.17) is 44.3 Å². The highest BCUT2D eigenvalue weighted by atomic mass is 35.5. The van der Waals surface area contributed by atoms with E-state index in [0.717, 1.165) is 6.26 Å². The minimum atomic E-state index is -3.62. The Balaban J connectivity index is 2.38. The third-order valence-electron chi connectivity index (χ3n) is 3.79. The van der Waals surface area contributed by atoms with Crippen LogP contribution in [0, 0.1) is 0 Å². The maximum Gasteiger partial charge on any atom is 0.230 e. The van der Waals surface area contributed by atoms with Crippen LogP contribution in [0.4, 0.5) is 5.82 Å². The molecule has 2 heterocycles. The lowest BCUT2D eigenvalue weighted by Gasteiger charge is -2.16. The van der Waals surface area contributed by atoms with Crippen LogP contribution in [0.5, 0.6) is 11.5 Å². The number of anilines is 1. The van der Waals surface area contributed by atoms with Crippen molar-refractivity contribution in [3.8, 4) is 22.8 Å². The lowest BCUT2D eigenvalue weighted by molar-refractivity contribution is 0.395. The minimum absolute atomic E-state index is 0.0632. The van der Waals surface area contributed by atoms with Gasteiger partial charge in [0.1, 0.15) is 22.5 Å². The molecule has 0 spiro atoms. The van der Waals surface area contributed by atoms with Crippen LogP contribution in [-0.4, -0.2) is 38.9 Å². The van der Waals surface area contributed by atoms with Crippen LogP contribution in [0.1, 0.15) is 0 Å². The number of halogens is 3. The molecule has 0 bridgehead atoms. The number of ether oxygens (including phenoxy) is 2. The van der Waals surface area contributed by atoms with Crippen molar-refractivity contribution >= 4 is 61.4 Å². The van der Waals surface area contributed by atoms with Gasteiger partial charge in [0, 0.05) is 28.6 Å². The SMILES string of the molecule is COc1cc(OC)c(Cl)c(-c2cc3cnc(Cl)cc3c(NS(C)(=O)=O)n2)c1Cl. The third-order valence-corrected chi connectivity index (χ3v) is 5.31. The molecule has 0 aliphatic carbocycles. The zero-order valence-corrected chi connectivity index (χ0v) is 18.0. The van der Waals surface area contributed by atoms with Gasteiger partial charge in [-0.25, -0.2) is 18.4 Å². The first-order valence-corrected chi connectivity index (χ1v) is 10.7. The van der Waals surface area contributed by atoms with Gasteiger partial charge in [0.15, 0.2) is 0 Å². The van der Waals surface area contributed by atoms with Gasteiger partial charge >= 0.3 is 0 Å². The van der Waals surface area contributed by atoms with E-state index >= 15 is 0 Å². The molecule has 148 valence electrons. The fourth-order valence-electron chi connectivity index (χ4n) is 2.61. The lowest BCUT2D eigenvalue weighted by atomic mass is 10.1. The Labute approximate surface area is 176 Å². The largest absolute Gasteiger partial charge is 0.495 e. The second-order valence-electron chi connectivity index (χ2n) is 5.74. The zero-order valence-electron chi connectivity index (χ0n) is 14.9. The lowest BCUT2D eigenvalue weighted by Crippen LogP contribution is -2.11. The van der Waals surface area contributed by atoms with E-state index in [2.05, 4.69) is 14.7 Å². The van der Waals surface area contributed by atoms with E-state index in [0.29, 0.717) is 33.5 Å². The Hall–Kier alpha value is -2.00. The number of benzene rings is 1. The molecule has 0 saturated heterocycles. The summed E-state index contributed by atoms with van der Waals surface area (Å²) in [7, 11) is -0.711. The van der Waals surface area contributed by atoms with Crippen LogP contribution in [0.3, 0.4) is 0 Å². The molecule has 2 aromatic heterocycles. The van der Waals surface area contributed by atoms with Crippen molar-refractivity contribution in [2.45, 2.75) is 0 Å². The molecule has 0 radical (unpaired) electrons. The molecule has 3 aromatic rings. The van der Waals surface area contributed by atoms with Crippen LogP contribution in [0.15, 0.2) is 24.4 Å². The second-order valence-corrected chi connectivity index (χ2v) is 8.63. The van der Waals surface area contributed by atoms with Gasteiger partial charge in [0.25, 0.3) is 0 Å². The summed E-state index contributed by atoms with van der Waals surface area (Å²) < 4.78 is 36.6. The van der Waals surface area contributed by atoms with Gasteiger partial charge in [0.2, 0.25) is 10.0 Å². The van der Waals surface area contributed by atoms with E-state index in [1.807, 2.05) is 0 Å². The Morgan fingerprint density at radius 1 is 1.00 bits per heavy atom. The van der Waals surface area contributed by atoms with Crippen LogP contribution in [0.25, 0.3) is 22.0 Å². The van der Waals surface area contributed by atoms with Gasteiger partial charge in [-0.2, -0.15) is 0 Å². The number of sulfonamides is 1. The highest BCUT2D eigenvalue weighted by molar-refractivity contribution is 7.92. The van der Waals surface area contributed by atoms with Crippen LogP contribution in [-0.2, 0) is 10.0 Å². The first-order valence-electron chi connectivity index (χ1n) is 7.69. The number of nitrogens with zero attached hydrogens (tertiary/aromatic N) is 2. The normalized spacial score (nSPS) is 11.5. The summed E-state index contributed by atoms with van der Waals surface area (Å²) in [5.41, 5.74) is 0.628. The van der Waals surface area contributed by atoms with E-state index in [1.165, 1.54) is 26.5 Å². The first kappa shape index (κ1) is 20.7. The summed E-state index contributed by atoms with van der Waals surface area (Å²) in [5, 5.41) is 1.64. The van der Waals surface area contributed by atoms with Crippen molar-refractivity contribution < 1.29 is 17.9 Å². The summed E-state index contributed by atoms with van der Waals surface area (Å²) in [6.45, 7) is 0. The fraction of sp³-hybridized carbons (Fsp3) is 0.176. The second kappa shape index (κ2) is 7.79. The minimum Gasteiger partial charge on any atom is -0.495 e. The van der Waals surface area contributed by atoms with Gasteiger partial charge in [-0.05, 0) is 12.1 Å². The van der Waals surface area contributed by atoms with E-state index in [9.17, 15) is 8.42 Å². The number of aromatic nitrogens is 2. The molecular weight excluding hydrogens is 449 g/mol. The predicted molar refractivity (Wildman–Crippen MR) is 112 cm³/mol. The van der Waals surface area contributed by atoms with E-state index in [1.54, 1.807) is 12.1 Å². The maximum atomic E-state index is 11.8. The monoisotopic (exact) mass is 461 g/mol. The number of nitrogens with one attached hydrogen (secondary N) is 1. The average molecular weight is 463 g/mol. The third kappa shape index (κ3) is 4.05. The smallest absolute Gasteiger partial charge is 0.230 e. The Bertz CT molecular complexity index is 1160. The van der Waals surface area contributed by atoms with Crippen molar-refractivity contribution in [3.63, 3.8) is 0 Å². The van der Waals surface area contributed by atoms with Crippen LogP contribution >= 0.6 is 34.8 Å². The van der Waals surface area contributed by atoms with Crippen molar-refractivity contribution in [1.82, 2.24) is 9.97 Å². The first-order chi connectivity index (χ1) is 13.1. The molecule has 1 aromatic carbocycles. The molecule has 11 heteroatoms. The fourth-order valence-corrected chi connectivity index (χ4v) is 3.97. The van der Waals surface area contributed by atoms with Crippen molar-refractivity contribution in [2.75, 3.05) is 25.2 Å². The number of fused-ring (bicyclic) bond motifs is 1. The number of hydrogen-bond donors (Lipinski definition) is 1. The maximum absolute atomic E-state index is 11.8. The quantitative estimate of drug-likeness (QED) is 0.555. The summed E-state index contributed by atoms with van der Waals surface area (Å²) in [4.78, 5) is 8.45. The molecule has 0 atom stereocenters. The van der Waals surface area contributed by atoms with E-state index < -0.39 is 10.0 Å². The van der Waals surface area contributed by atoms with Crippen molar-refractivity contribution in [1.29, 1.82) is 0 Å². The Kier molecular flexibility index (Phi) is 5.77. The Morgan fingerprint density at radius 2 is 1.61 bits per heavy atom. The van der Waals surface area contributed by atoms with Crippen molar-refractivity contribution in [3.05, 3.63) is 39.6 Å². The number of methoxy groups -OCH3 is 2. The summed E-state index contributed by atoms with van der Waals surface area (Å²) in [6.07, 6.45) is 2.51. The van der Waals surface area contributed by atoms with Gasteiger partial charge < -0.3 is 9.47 Å². The molecule has 0 aliphatic heterocycles. The molecule has 0 aliphatic rings. The molecule has 1 N–H and O–H groups in total. The van der Waals surface area contributed by atoms with Gasteiger partial charge in [0.05, 0.1) is 36.2 Å². The molecule has 28 heavy (non-hydrogen) atoms. The standard InChI is InChI=1S/C17H14Cl3N3O4S/c1-26-11-6-12(27-2)16(20)14(15(11)19)10-4-8-7-21-13(18)5-9(8)17(22-10)23-28(3,24)25/h4-7H,1-3H3,(H,22,23). The molecule has 0 amide bonds. The average Bonchev–Trinajstić information content (AvgIpc) is 2.61. The van der Waals surface area contributed by atoms with Crippen molar-refractivity contribution in [2.24, 2.45) is 0 Å². The summed E-state index contributed by atoms with van der Waals surface area (Å²) in [6, 6.07) is 4.72. The summed E-state index contributed by atoms with van der Waals surface area (Å²) >= 11 is 18.9. The molecule has 0 fully saturated rings. The predicted octanol–water partition coefficient (Wildman–Crippen LogP) is 4.65. The molecule has 0 unspecified atom stereocenters. The number of rotatable bonds is 5. The van der Waals surface area contributed by atoms with Gasteiger partial charge in [-0.1, -0.05) is 34.8 Å². The van der Waals surface area contributed by atoms with Gasteiger partial charge in [-0.3, -0.25) is 4.72 Å². The number of pyridine rings is 2. The Morgan fingerprint density at radius 3 is 2.14 bits per heavy atom. The van der Waals surface area contributed by atoms with E-state index in [-0.39, 0.29) is 21.0 Å². The van der Waals surface area contributed by atoms with Crippen LogP contribution in [0.2, 0.25) is 15.2 Å². The highest BCUT2D eigenvalue weighted by Crippen LogP contribution is 2.46. The molecular formula is C17H14Cl3N3O4S. The van der Waals surface area contributed by atoms with Gasteiger partial charge in [-0.15, -0.1) is 0 Å². The zero-order chi connectivity index (χ0) is 20.6. The highest BCUT2D eigenvalue weighted by Gasteiger charge is 2.21. The molecule has 3 rings (SSSR count). The molecule has 0 saturated carbocycles. The number of hydrogen-bond acceptors (Lipinski definition) is 6. The summed E-state index contributed by atoms with van der Waals surface area (Å²) in [5.74, 6) is 0.714. The molecule has 7 nitrogen and oxygen atoms in total.